The van der Waals surface area contributed by atoms with Crippen molar-refractivity contribution in [2.24, 2.45) is 0 Å². The maximum atomic E-state index is 11.6. The summed E-state index contributed by atoms with van der Waals surface area (Å²) in [5.74, 6) is -0.684. The van der Waals surface area contributed by atoms with E-state index < -0.39 is 18.5 Å². The number of ether oxygens (including phenoxy) is 2. The van der Waals surface area contributed by atoms with Gasteiger partial charge in [0.15, 0.2) is 6.61 Å². The van der Waals surface area contributed by atoms with Gasteiger partial charge in [-0.3, -0.25) is 14.4 Å². The molecule has 1 rings (SSSR count). The summed E-state index contributed by atoms with van der Waals surface area (Å²) in [5, 5.41) is 4.91. The first kappa shape index (κ1) is 21.5. The third kappa shape index (κ3) is 8.50. The Hall–Kier alpha value is -2.57. The van der Waals surface area contributed by atoms with E-state index in [-0.39, 0.29) is 30.9 Å². The second kappa shape index (κ2) is 10.4. The lowest BCUT2D eigenvalue weighted by molar-refractivity contribution is -0.149. The zero-order valence-electron chi connectivity index (χ0n) is 15.9. The van der Waals surface area contributed by atoms with Gasteiger partial charge in [0, 0.05) is 6.54 Å². The van der Waals surface area contributed by atoms with Crippen LogP contribution in [0.4, 0.5) is 0 Å². The molecule has 0 atom stereocenters. The minimum absolute atomic E-state index is 0.0324. The number of esters is 1. The molecule has 0 bridgehead atoms. The molecule has 0 saturated heterocycles. The summed E-state index contributed by atoms with van der Waals surface area (Å²) < 4.78 is 10.3. The Labute approximate surface area is 154 Å². The van der Waals surface area contributed by atoms with Crippen molar-refractivity contribution in [1.29, 1.82) is 0 Å². The van der Waals surface area contributed by atoms with E-state index in [0.29, 0.717) is 12.3 Å². The van der Waals surface area contributed by atoms with E-state index in [1.807, 2.05) is 24.3 Å². The molecule has 0 radical (unpaired) electrons. The highest BCUT2D eigenvalue weighted by molar-refractivity contribution is 5.86. The Morgan fingerprint density at radius 2 is 1.65 bits per heavy atom. The molecule has 2 N–H and O–H groups in total. The molecule has 7 nitrogen and oxygen atoms in total. The molecular formula is C19H28N2O5. The topological polar surface area (TPSA) is 93.7 Å². The summed E-state index contributed by atoms with van der Waals surface area (Å²) in [7, 11) is 0. The molecule has 0 fully saturated rings. The lowest BCUT2D eigenvalue weighted by Gasteiger charge is -2.19. The van der Waals surface area contributed by atoms with Crippen LogP contribution in [0.3, 0.4) is 0 Å². The van der Waals surface area contributed by atoms with E-state index in [2.05, 4.69) is 31.4 Å². The third-order valence-electron chi connectivity index (χ3n) is 3.48. The third-order valence-corrected chi connectivity index (χ3v) is 3.48. The van der Waals surface area contributed by atoms with Gasteiger partial charge in [0.1, 0.15) is 5.75 Å². The predicted octanol–water partition coefficient (Wildman–Crippen LogP) is 1.55. The van der Waals surface area contributed by atoms with Gasteiger partial charge in [0.2, 0.25) is 5.91 Å². The fourth-order valence-corrected chi connectivity index (χ4v) is 2.01. The molecule has 7 heteroatoms. The quantitative estimate of drug-likeness (QED) is 0.649. The number of carbonyl (C=O) groups is 3. The van der Waals surface area contributed by atoms with Crippen molar-refractivity contribution < 1.29 is 23.9 Å². The van der Waals surface area contributed by atoms with E-state index >= 15 is 0 Å². The van der Waals surface area contributed by atoms with E-state index in [1.165, 1.54) is 5.56 Å². The van der Waals surface area contributed by atoms with Gasteiger partial charge in [-0.2, -0.15) is 0 Å². The van der Waals surface area contributed by atoms with Gasteiger partial charge < -0.3 is 20.1 Å². The molecule has 0 aliphatic heterocycles. The molecule has 26 heavy (non-hydrogen) atoms. The number of hydrogen-bond acceptors (Lipinski definition) is 5. The standard InChI is InChI=1S/C19H28N2O5/c1-5-20-16(22)12-21-17(23)13-26-18(24)10-11-25-15-8-6-14(7-9-15)19(2,3)4/h6-9H,5,10-13H2,1-4H3,(H,20,22)(H,21,23). The summed E-state index contributed by atoms with van der Waals surface area (Å²) in [5.41, 5.74) is 1.27. The van der Waals surface area contributed by atoms with Crippen LogP contribution in [-0.4, -0.2) is 44.1 Å². The summed E-state index contributed by atoms with van der Waals surface area (Å²) >= 11 is 0. The van der Waals surface area contributed by atoms with Crippen LogP contribution >= 0.6 is 0 Å². The summed E-state index contributed by atoms with van der Waals surface area (Å²) in [6, 6.07) is 7.71. The fourth-order valence-electron chi connectivity index (χ4n) is 2.01. The first-order chi connectivity index (χ1) is 12.2. The average Bonchev–Trinajstić information content (AvgIpc) is 2.58. The molecule has 0 aliphatic carbocycles. The molecular weight excluding hydrogens is 336 g/mol. The Balaban J connectivity index is 2.22. The van der Waals surface area contributed by atoms with E-state index in [1.54, 1.807) is 6.92 Å². The van der Waals surface area contributed by atoms with Crippen molar-refractivity contribution in [2.75, 3.05) is 26.3 Å². The first-order valence-electron chi connectivity index (χ1n) is 8.64. The van der Waals surface area contributed by atoms with Crippen LogP contribution in [-0.2, 0) is 24.5 Å². The van der Waals surface area contributed by atoms with Crippen LogP contribution in [0, 0.1) is 0 Å². The van der Waals surface area contributed by atoms with Crippen LogP contribution in [0.15, 0.2) is 24.3 Å². The van der Waals surface area contributed by atoms with Crippen molar-refractivity contribution in [3.05, 3.63) is 29.8 Å². The molecule has 144 valence electrons. The normalized spacial score (nSPS) is 10.8. The van der Waals surface area contributed by atoms with Crippen molar-refractivity contribution in [3.8, 4) is 5.75 Å². The summed E-state index contributed by atoms with van der Waals surface area (Å²) in [6.07, 6.45) is 0.0324. The highest BCUT2D eigenvalue weighted by Crippen LogP contribution is 2.24. The zero-order chi connectivity index (χ0) is 19.6. The molecule has 0 saturated carbocycles. The van der Waals surface area contributed by atoms with Crippen molar-refractivity contribution >= 4 is 17.8 Å². The van der Waals surface area contributed by atoms with Crippen LogP contribution in [0.5, 0.6) is 5.75 Å². The molecule has 0 aliphatic rings. The van der Waals surface area contributed by atoms with Gasteiger partial charge in [-0.05, 0) is 30.0 Å². The zero-order valence-corrected chi connectivity index (χ0v) is 15.9. The molecule has 0 heterocycles. The van der Waals surface area contributed by atoms with Gasteiger partial charge >= 0.3 is 5.97 Å². The Bertz CT molecular complexity index is 605. The molecule has 0 aromatic heterocycles. The maximum absolute atomic E-state index is 11.6. The SMILES string of the molecule is CCNC(=O)CNC(=O)COC(=O)CCOc1ccc(C(C)(C)C)cc1. The Morgan fingerprint density at radius 3 is 2.23 bits per heavy atom. The maximum Gasteiger partial charge on any atom is 0.309 e. The highest BCUT2D eigenvalue weighted by Gasteiger charge is 2.13. The number of carbonyl (C=O) groups excluding carboxylic acids is 3. The van der Waals surface area contributed by atoms with Crippen molar-refractivity contribution in [2.45, 2.75) is 39.5 Å². The second-order valence-electron chi connectivity index (χ2n) is 6.76. The Kier molecular flexibility index (Phi) is 8.61. The molecule has 1 aromatic rings. The van der Waals surface area contributed by atoms with Crippen molar-refractivity contribution in [1.82, 2.24) is 10.6 Å². The van der Waals surface area contributed by atoms with Gasteiger partial charge in [0.05, 0.1) is 19.6 Å². The van der Waals surface area contributed by atoms with Crippen molar-refractivity contribution in [3.63, 3.8) is 0 Å². The number of benzene rings is 1. The van der Waals surface area contributed by atoms with E-state index in [9.17, 15) is 14.4 Å². The number of likely N-dealkylation sites (N-methyl/N-ethyl adjacent to an activating group) is 1. The number of amides is 2. The van der Waals surface area contributed by atoms with Gasteiger partial charge in [-0.25, -0.2) is 0 Å². The fraction of sp³-hybridized carbons (Fsp3) is 0.526. The molecule has 2 amide bonds. The average molecular weight is 364 g/mol. The lowest BCUT2D eigenvalue weighted by Crippen LogP contribution is -2.38. The van der Waals surface area contributed by atoms with Crippen LogP contribution < -0.4 is 15.4 Å². The van der Waals surface area contributed by atoms with Crippen LogP contribution in [0.25, 0.3) is 0 Å². The molecule has 0 unspecified atom stereocenters. The van der Waals surface area contributed by atoms with Gasteiger partial charge in [-0.15, -0.1) is 0 Å². The van der Waals surface area contributed by atoms with E-state index in [4.69, 9.17) is 9.47 Å². The minimum atomic E-state index is -0.538. The first-order valence-corrected chi connectivity index (χ1v) is 8.64. The monoisotopic (exact) mass is 364 g/mol. The number of nitrogens with one attached hydrogen (secondary N) is 2. The Morgan fingerprint density at radius 1 is 1.00 bits per heavy atom. The van der Waals surface area contributed by atoms with Gasteiger partial charge in [0.25, 0.3) is 5.91 Å². The summed E-state index contributed by atoms with van der Waals surface area (Å²) in [4.78, 5) is 34.3. The largest absolute Gasteiger partial charge is 0.493 e. The number of rotatable bonds is 9. The number of hydrogen-bond donors (Lipinski definition) is 2. The smallest absolute Gasteiger partial charge is 0.309 e. The minimum Gasteiger partial charge on any atom is -0.493 e. The highest BCUT2D eigenvalue weighted by atomic mass is 16.5. The summed E-state index contributed by atoms with van der Waals surface area (Å²) in [6.45, 7) is 8.26. The lowest BCUT2D eigenvalue weighted by atomic mass is 9.87. The second-order valence-corrected chi connectivity index (χ2v) is 6.76. The van der Waals surface area contributed by atoms with Gasteiger partial charge in [-0.1, -0.05) is 32.9 Å². The molecule has 0 spiro atoms. The van der Waals surface area contributed by atoms with Crippen LogP contribution in [0.2, 0.25) is 0 Å². The molecule has 1 aromatic carbocycles. The predicted molar refractivity (Wildman–Crippen MR) is 97.9 cm³/mol. The van der Waals surface area contributed by atoms with E-state index in [0.717, 1.165) is 0 Å². The van der Waals surface area contributed by atoms with Crippen LogP contribution in [0.1, 0.15) is 39.7 Å².